The number of pyridine rings is 2. The summed E-state index contributed by atoms with van der Waals surface area (Å²) in [5.74, 6) is 0. The molecule has 0 N–H and O–H groups in total. The van der Waals surface area contributed by atoms with Gasteiger partial charge in [0.05, 0.1) is 11.2 Å². The zero-order valence-electron chi connectivity index (χ0n) is 26.7. The van der Waals surface area contributed by atoms with Crippen molar-refractivity contribution in [1.29, 1.82) is 0 Å². The van der Waals surface area contributed by atoms with Crippen molar-refractivity contribution in [3.05, 3.63) is 180 Å². The highest BCUT2D eigenvalue weighted by molar-refractivity contribution is 6.05. The summed E-state index contributed by atoms with van der Waals surface area (Å²) in [5.41, 5.74) is 15.9. The monoisotopic (exact) mass is 614 g/mol. The van der Waals surface area contributed by atoms with Gasteiger partial charge in [0.15, 0.2) is 0 Å². The number of benzene rings is 5. The van der Waals surface area contributed by atoms with Crippen LogP contribution in [0.5, 0.6) is 0 Å². The number of hydrogen-bond donors (Lipinski definition) is 0. The molecule has 0 saturated carbocycles. The minimum Gasteiger partial charge on any atom is -0.256 e. The number of aryl methyl sites for hydroxylation is 2. The second-order valence-corrected chi connectivity index (χ2v) is 12.7. The Morgan fingerprint density at radius 2 is 1.40 bits per heavy atom. The molecule has 9 rings (SSSR count). The number of aromatic nitrogens is 2. The average Bonchev–Trinajstić information content (AvgIpc) is 3.12. The maximum Gasteiger partial charge on any atom is 0.0746 e. The Kier molecular flexibility index (Phi) is 7.13. The van der Waals surface area contributed by atoms with E-state index in [9.17, 15) is 0 Å². The maximum absolute atomic E-state index is 4.96. The highest BCUT2D eigenvalue weighted by Crippen LogP contribution is 2.42. The smallest absolute Gasteiger partial charge is 0.0746 e. The van der Waals surface area contributed by atoms with Crippen molar-refractivity contribution in [2.45, 2.75) is 25.7 Å². The number of fused-ring (bicyclic) bond motifs is 8. The predicted octanol–water partition coefficient (Wildman–Crippen LogP) is 11.7. The van der Waals surface area contributed by atoms with Gasteiger partial charge in [-0.3, -0.25) is 9.97 Å². The summed E-state index contributed by atoms with van der Waals surface area (Å²) in [6, 6.07) is 42.1. The fourth-order valence-corrected chi connectivity index (χ4v) is 7.59. The van der Waals surface area contributed by atoms with Crippen molar-refractivity contribution in [2.24, 2.45) is 0 Å². The molecular weight excluding hydrogens is 581 g/mol. The van der Waals surface area contributed by atoms with E-state index in [0.29, 0.717) is 0 Å². The topological polar surface area (TPSA) is 25.8 Å². The largest absolute Gasteiger partial charge is 0.256 e. The molecule has 5 aromatic carbocycles. The van der Waals surface area contributed by atoms with Gasteiger partial charge in [-0.15, -0.1) is 0 Å². The van der Waals surface area contributed by atoms with Gasteiger partial charge >= 0.3 is 0 Å². The van der Waals surface area contributed by atoms with E-state index in [1.54, 1.807) is 0 Å². The van der Waals surface area contributed by atoms with E-state index in [0.717, 1.165) is 48.0 Å². The van der Waals surface area contributed by atoms with Gasteiger partial charge in [-0.2, -0.15) is 0 Å². The molecule has 2 heteroatoms. The Labute approximate surface area is 281 Å². The Balaban J connectivity index is 1.05. The van der Waals surface area contributed by atoms with Gasteiger partial charge < -0.3 is 0 Å². The van der Waals surface area contributed by atoms with E-state index < -0.39 is 0 Å². The van der Waals surface area contributed by atoms with Crippen LogP contribution >= 0.6 is 0 Å². The molecule has 0 spiro atoms. The molecule has 0 aliphatic heterocycles. The van der Waals surface area contributed by atoms with Gasteiger partial charge in [0.25, 0.3) is 0 Å². The Morgan fingerprint density at radius 1 is 0.542 bits per heavy atom. The van der Waals surface area contributed by atoms with Gasteiger partial charge in [-0.05, 0) is 98.7 Å². The third-order valence-electron chi connectivity index (χ3n) is 9.97. The first-order valence-corrected chi connectivity index (χ1v) is 16.9. The molecule has 2 nitrogen and oxygen atoms in total. The first-order chi connectivity index (χ1) is 23.8. The molecule has 0 fully saturated rings. The van der Waals surface area contributed by atoms with Crippen LogP contribution in [0.2, 0.25) is 0 Å². The van der Waals surface area contributed by atoms with Gasteiger partial charge in [0.2, 0.25) is 0 Å². The fourth-order valence-electron chi connectivity index (χ4n) is 7.59. The van der Waals surface area contributed by atoms with Crippen LogP contribution in [-0.4, -0.2) is 9.97 Å². The summed E-state index contributed by atoms with van der Waals surface area (Å²) in [6.45, 7) is 0. The highest BCUT2D eigenvalue weighted by atomic mass is 14.7. The van der Waals surface area contributed by atoms with Gasteiger partial charge in [0.1, 0.15) is 0 Å². The van der Waals surface area contributed by atoms with Gasteiger partial charge in [0, 0.05) is 28.9 Å². The summed E-state index contributed by atoms with van der Waals surface area (Å²) in [5, 5.41) is 3.75. The summed E-state index contributed by atoms with van der Waals surface area (Å²) >= 11 is 0. The van der Waals surface area contributed by atoms with E-state index in [1.165, 1.54) is 66.2 Å². The minimum atomic E-state index is 0.970. The third-order valence-corrected chi connectivity index (χ3v) is 9.97. The van der Waals surface area contributed by atoms with E-state index >= 15 is 0 Å². The Morgan fingerprint density at radius 3 is 2.31 bits per heavy atom. The van der Waals surface area contributed by atoms with Crippen LogP contribution < -0.4 is 0 Å². The lowest BCUT2D eigenvalue weighted by atomic mass is 9.82. The molecule has 228 valence electrons. The molecule has 2 heterocycles. The molecule has 0 bridgehead atoms. The van der Waals surface area contributed by atoms with Crippen molar-refractivity contribution in [3.8, 4) is 33.5 Å². The van der Waals surface area contributed by atoms with Crippen molar-refractivity contribution in [3.63, 3.8) is 0 Å². The molecule has 0 saturated heterocycles. The van der Waals surface area contributed by atoms with Crippen LogP contribution in [0.4, 0.5) is 0 Å². The molecule has 7 aromatic rings. The molecule has 2 aliphatic carbocycles. The maximum atomic E-state index is 4.96. The van der Waals surface area contributed by atoms with E-state index in [1.807, 2.05) is 12.4 Å². The molecule has 0 amide bonds. The number of rotatable bonds is 3. The molecular formula is C46H34N2. The van der Waals surface area contributed by atoms with Crippen LogP contribution in [0.15, 0.2) is 152 Å². The number of nitrogens with zero attached hydrogens (tertiary/aromatic N) is 2. The standard InChI is InChI=1S/C46H34N2/c1-2-4-16-41-33(10-3-1)23-26-43-38(28-29-47-46(41)43)36-24-27-44(48-30-36)35-20-18-34(19-21-35)37-17-9-13-31-11-5-7-14-39(31)45-40-15-8-6-12-32(40)22-25-42(37)45/h1-3,5-8,10-12,14-15,17-30H,4,9,13,16H2/b2-1-,10-3-,37-17-. The minimum absolute atomic E-state index is 0.970. The summed E-state index contributed by atoms with van der Waals surface area (Å²) in [6.07, 6.45) is 19.1. The summed E-state index contributed by atoms with van der Waals surface area (Å²) in [7, 11) is 0. The Hall–Kier alpha value is -5.86. The van der Waals surface area contributed by atoms with E-state index in [-0.39, 0.29) is 0 Å². The van der Waals surface area contributed by atoms with Crippen molar-refractivity contribution < 1.29 is 0 Å². The molecule has 0 radical (unpaired) electrons. The number of hydrogen-bond acceptors (Lipinski definition) is 2. The highest BCUT2D eigenvalue weighted by Gasteiger charge is 2.19. The van der Waals surface area contributed by atoms with Gasteiger partial charge in [-0.25, -0.2) is 0 Å². The summed E-state index contributed by atoms with van der Waals surface area (Å²) in [4.78, 5) is 9.79. The molecule has 2 aromatic heterocycles. The second kappa shape index (κ2) is 12.1. The fraction of sp³-hybridized carbons (Fsp3) is 0.0870. The summed E-state index contributed by atoms with van der Waals surface area (Å²) < 4.78 is 0. The first kappa shape index (κ1) is 28.4. The van der Waals surface area contributed by atoms with Crippen LogP contribution in [0.3, 0.4) is 0 Å². The van der Waals surface area contributed by atoms with Crippen LogP contribution in [-0.2, 0) is 12.8 Å². The predicted molar refractivity (Wildman–Crippen MR) is 202 cm³/mol. The quantitative estimate of drug-likeness (QED) is 0.198. The lowest BCUT2D eigenvalue weighted by molar-refractivity contribution is 1.00. The lowest BCUT2D eigenvalue weighted by Gasteiger charge is -2.21. The lowest BCUT2D eigenvalue weighted by Crippen LogP contribution is -2.00. The second-order valence-electron chi connectivity index (χ2n) is 12.7. The van der Waals surface area contributed by atoms with Crippen LogP contribution in [0.1, 0.15) is 40.7 Å². The average molecular weight is 615 g/mol. The first-order valence-electron chi connectivity index (χ1n) is 16.9. The Bertz CT molecular complexity index is 2430. The molecule has 48 heavy (non-hydrogen) atoms. The molecule has 0 atom stereocenters. The zero-order chi connectivity index (χ0) is 31.9. The van der Waals surface area contributed by atoms with E-state index in [4.69, 9.17) is 9.97 Å². The van der Waals surface area contributed by atoms with Crippen molar-refractivity contribution in [2.75, 3.05) is 0 Å². The van der Waals surface area contributed by atoms with Crippen molar-refractivity contribution >= 4 is 33.3 Å². The van der Waals surface area contributed by atoms with E-state index in [2.05, 4.69) is 146 Å². The molecule has 0 unspecified atom stereocenters. The van der Waals surface area contributed by atoms with Crippen LogP contribution in [0, 0.1) is 0 Å². The zero-order valence-corrected chi connectivity index (χ0v) is 26.7. The third kappa shape index (κ3) is 4.98. The number of allylic oxidation sites excluding steroid dienone is 4. The van der Waals surface area contributed by atoms with Gasteiger partial charge in [-0.1, -0.05) is 134 Å². The molecule has 2 aliphatic rings. The van der Waals surface area contributed by atoms with Crippen LogP contribution in [0.25, 0.3) is 66.8 Å². The SMILES string of the molecule is C1=C\CCc2c(ccc3c(-c4ccc(-c5ccc(/C6=C/CCc7ccccc7-c7c6ccc6ccccc76)cc5)nc4)ccnc23)\C=C/1. The normalized spacial score (nSPS) is 16.3. The van der Waals surface area contributed by atoms with Crippen molar-refractivity contribution in [1.82, 2.24) is 9.97 Å².